The molecule has 2 aromatic heterocycles. The smallest absolute Gasteiger partial charge is 0.259 e. The number of methoxy groups -OCH3 is 1. The molecule has 7 nitrogen and oxygen atoms in total. The Morgan fingerprint density at radius 3 is 3.04 bits per heavy atom. The molecule has 124 valence electrons. The van der Waals surface area contributed by atoms with Crippen molar-refractivity contribution in [3.63, 3.8) is 0 Å². The van der Waals surface area contributed by atoms with Crippen molar-refractivity contribution in [2.45, 2.75) is 32.5 Å². The maximum absolute atomic E-state index is 13.0. The van der Waals surface area contributed by atoms with E-state index < -0.39 is 5.60 Å². The number of amides is 1. The van der Waals surface area contributed by atoms with Gasteiger partial charge in [-0.2, -0.15) is 5.10 Å². The molecule has 0 saturated carbocycles. The lowest BCUT2D eigenvalue weighted by Crippen LogP contribution is -2.55. The number of ether oxygens (including phenoxy) is 2. The third-order valence-electron chi connectivity index (χ3n) is 3.86. The number of aryl methyl sites for hydroxylation is 1. The van der Waals surface area contributed by atoms with Crippen molar-refractivity contribution in [2.75, 3.05) is 26.8 Å². The fourth-order valence-electron chi connectivity index (χ4n) is 3.00. The molecule has 0 unspecified atom stereocenters. The summed E-state index contributed by atoms with van der Waals surface area (Å²) < 4.78 is 12.8. The molecule has 23 heavy (non-hydrogen) atoms. The molecule has 1 saturated heterocycles. The molecule has 0 N–H and O–H groups in total. The molecule has 0 aliphatic carbocycles. The molecule has 3 rings (SSSR count). The van der Waals surface area contributed by atoms with E-state index in [4.69, 9.17) is 9.47 Å². The maximum atomic E-state index is 13.0. The molecule has 3 heterocycles. The number of aromatic nitrogens is 3. The normalized spacial score (nSPS) is 20.9. The Morgan fingerprint density at radius 1 is 1.52 bits per heavy atom. The quantitative estimate of drug-likeness (QED) is 0.853. The predicted molar refractivity (Wildman–Crippen MR) is 84.5 cm³/mol. The van der Waals surface area contributed by atoms with Gasteiger partial charge in [0.2, 0.25) is 0 Å². The van der Waals surface area contributed by atoms with Crippen molar-refractivity contribution in [2.24, 2.45) is 0 Å². The van der Waals surface area contributed by atoms with E-state index in [1.54, 1.807) is 22.7 Å². The van der Waals surface area contributed by atoms with Crippen molar-refractivity contribution in [1.82, 2.24) is 19.5 Å². The molecule has 1 fully saturated rings. The third-order valence-corrected chi connectivity index (χ3v) is 3.86. The van der Waals surface area contributed by atoms with Gasteiger partial charge in [-0.1, -0.05) is 0 Å². The highest BCUT2D eigenvalue weighted by molar-refractivity contribution is 5.99. The van der Waals surface area contributed by atoms with E-state index in [1.807, 2.05) is 33.0 Å². The Hall–Kier alpha value is -1.99. The predicted octanol–water partition coefficient (Wildman–Crippen LogP) is 1.30. The lowest BCUT2D eigenvalue weighted by Gasteiger charge is -2.42. The molecular formula is C16H22N4O3. The minimum absolute atomic E-state index is 0.0735. The first-order chi connectivity index (χ1) is 10.9. The van der Waals surface area contributed by atoms with Gasteiger partial charge < -0.3 is 14.4 Å². The van der Waals surface area contributed by atoms with Crippen LogP contribution in [-0.4, -0.2) is 63.9 Å². The Bertz CT molecular complexity index is 725. The zero-order chi connectivity index (χ0) is 16.6. The summed E-state index contributed by atoms with van der Waals surface area (Å²) in [6, 6.07) is 1.86. The first-order valence-electron chi connectivity index (χ1n) is 7.66. The van der Waals surface area contributed by atoms with E-state index in [9.17, 15) is 4.79 Å². The lowest BCUT2D eigenvalue weighted by molar-refractivity contribution is -0.143. The molecule has 1 amide bonds. The number of carbonyl (C=O) groups excluding carboxylic acids is 1. The van der Waals surface area contributed by atoms with Crippen molar-refractivity contribution >= 4 is 11.6 Å². The van der Waals surface area contributed by atoms with Gasteiger partial charge in [-0.3, -0.25) is 4.79 Å². The number of carbonyl (C=O) groups is 1. The van der Waals surface area contributed by atoms with Gasteiger partial charge in [0.05, 0.1) is 24.5 Å². The van der Waals surface area contributed by atoms with Crippen molar-refractivity contribution in [3.8, 4) is 0 Å². The highest BCUT2D eigenvalue weighted by atomic mass is 16.5. The molecule has 1 aliphatic heterocycles. The molecule has 0 radical (unpaired) electrons. The van der Waals surface area contributed by atoms with Gasteiger partial charge in [0, 0.05) is 32.1 Å². The fraction of sp³-hybridized carbons (Fsp3) is 0.562. The largest absolute Gasteiger partial charge is 0.382 e. The molecule has 1 aliphatic rings. The SMILES string of the molecule is COC[C@H]1CN(C(=O)c2cnn3ccc(C)nc23)CC(C)(C)O1. The number of hydrogen-bond donors (Lipinski definition) is 0. The van der Waals surface area contributed by atoms with Crippen LogP contribution in [0.2, 0.25) is 0 Å². The van der Waals surface area contributed by atoms with Crippen LogP contribution in [0, 0.1) is 6.92 Å². The van der Waals surface area contributed by atoms with E-state index in [0.717, 1.165) is 5.69 Å². The van der Waals surface area contributed by atoms with Gasteiger partial charge in [-0.05, 0) is 26.8 Å². The summed E-state index contributed by atoms with van der Waals surface area (Å²) in [6.07, 6.45) is 3.26. The maximum Gasteiger partial charge on any atom is 0.259 e. The van der Waals surface area contributed by atoms with Crippen LogP contribution in [0.4, 0.5) is 0 Å². The van der Waals surface area contributed by atoms with Gasteiger partial charge in [0.15, 0.2) is 5.65 Å². The number of hydrogen-bond acceptors (Lipinski definition) is 5. The Morgan fingerprint density at radius 2 is 2.30 bits per heavy atom. The summed E-state index contributed by atoms with van der Waals surface area (Å²) in [7, 11) is 1.63. The van der Waals surface area contributed by atoms with E-state index in [0.29, 0.717) is 30.9 Å². The second-order valence-electron chi connectivity index (χ2n) is 6.54. The number of fused-ring (bicyclic) bond motifs is 1. The lowest BCUT2D eigenvalue weighted by atomic mass is 10.0. The summed E-state index contributed by atoms with van der Waals surface area (Å²) in [5.74, 6) is -0.0735. The third kappa shape index (κ3) is 3.20. The van der Waals surface area contributed by atoms with Crippen LogP contribution in [-0.2, 0) is 9.47 Å². The van der Waals surface area contributed by atoms with Gasteiger partial charge in [0.1, 0.15) is 5.56 Å². The second kappa shape index (κ2) is 5.90. The summed E-state index contributed by atoms with van der Waals surface area (Å²) in [4.78, 5) is 19.2. The summed E-state index contributed by atoms with van der Waals surface area (Å²) in [5, 5.41) is 4.22. The minimum atomic E-state index is -0.413. The summed E-state index contributed by atoms with van der Waals surface area (Å²) >= 11 is 0. The molecule has 1 atom stereocenters. The standard InChI is InChI=1S/C16H22N4O3/c1-11-5-6-20-14(18-11)13(7-17-20)15(21)19-8-12(9-22-4)23-16(2,3)10-19/h5-7,12H,8-10H2,1-4H3/t12-/m1/s1. The second-order valence-corrected chi connectivity index (χ2v) is 6.54. The van der Waals surface area contributed by atoms with Crippen LogP contribution < -0.4 is 0 Å². The van der Waals surface area contributed by atoms with Crippen LogP contribution >= 0.6 is 0 Å². The van der Waals surface area contributed by atoms with Crippen LogP contribution in [0.15, 0.2) is 18.5 Å². The van der Waals surface area contributed by atoms with E-state index in [2.05, 4.69) is 10.1 Å². The fourth-order valence-corrected chi connectivity index (χ4v) is 3.00. The topological polar surface area (TPSA) is 69.0 Å². The number of rotatable bonds is 3. The molecule has 0 spiro atoms. The number of nitrogens with zero attached hydrogens (tertiary/aromatic N) is 4. The van der Waals surface area contributed by atoms with Crippen LogP contribution in [0.5, 0.6) is 0 Å². The van der Waals surface area contributed by atoms with Gasteiger partial charge in [-0.15, -0.1) is 0 Å². The van der Waals surface area contributed by atoms with Crippen molar-refractivity contribution in [1.29, 1.82) is 0 Å². The molecular weight excluding hydrogens is 296 g/mol. The molecule has 2 aromatic rings. The van der Waals surface area contributed by atoms with Crippen LogP contribution in [0.25, 0.3) is 5.65 Å². The zero-order valence-corrected chi connectivity index (χ0v) is 13.9. The average molecular weight is 318 g/mol. The van der Waals surface area contributed by atoms with Gasteiger partial charge in [-0.25, -0.2) is 9.50 Å². The summed E-state index contributed by atoms with van der Waals surface area (Å²) in [5.41, 5.74) is 1.54. The Labute approximate surface area is 135 Å². The molecule has 7 heteroatoms. The zero-order valence-electron chi connectivity index (χ0n) is 13.9. The number of morpholine rings is 1. The van der Waals surface area contributed by atoms with Crippen molar-refractivity contribution < 1.29 is 14.3 Å². The Balaban J connectivity index is 1.90. The average Bonchev–Trinajstić information content (AvgIpc) is 2.88. The first-order valence-corrected chi connectivity index (χ1v) is 7.66. The highest BCUT2D eigenvalue weighted by Gasteiger charge is 2.36. The highest BCUT2D eigenvalue weighted by Crippen LogP contribution is 2.23. The van der Waals surface area contributed by atoms with Crippen LogP contribution in [0.3, 0.4) is 0 Å². The molecule has 0 aromatic carbocycles. The van der Waals surface area contributed by atoms with Gasteiger partial charge in [0.25, 0.3) is 5.91 Å². The first kappa shape index (κ1) is 15.9. The van der Waals surface area contributed by atoms with E-state index in [1.165, 1.54) is 0 Å². The molecule has 0 bridgehead atoms. The van der Waals surface area contributed by atoms with E-state index in [-0.39, 0.29) is 12.0 Å². The monoisotopic (exact) mass is 318 g/mol. The Kier molecular flexibility index (Phi) is 4.08. The van der Waals surface area contributed by atoms with E-state index >= 15 is 0 Å². The van der Waals surface area contributed by atoms with Crippen molar-refractivity contribution in [3.05, 3.63) is 29.7 Å². The van der Waals surface area contributed by atoms with Gasteiger partial charge >= 0.3 is 0 Å². The summed E-state index contributed by atoms with van der Waals surface area (Å²) in [6.45, 7) is 7.34. The minimum Gasteiger partial charge on any atom is -0.382 e. The van der Waals surface area contributed by atoms with Crippen LogP contribution in [0.1, 0.15) is 29.9 Å².